The first kappa shape index (κ1) is 19.6. The molecular weight excluding hydrogens is 344 g/mol. The summed E-state index contributed by atoms with van der Waals surface area (Å²) in [6.07, 6.45) is 4.32. The predicted octanol–water partition coefficient (Wildman–Crippen LogP) is 2.09. The van der Waals surface area contributed by atoms with Crippen molar-refractivity contribution in [3.63, 3.8) is 0 Å². The van der Waals surface area contributed by atoms with Gasteiger partial charge in [-0.2, -0.15) is 0 Å². The summed E-state index contributed by atoms with van der Waals surface area (Å²) >= 11 is 0. The van der Waals surface area contributed by atoms with Crippen molar-refractivity contribution in [2.75, 3.05) is 7.11 Å². The molecule has 0 spiro atoms. The van der Waals surface area contributed by atoms with E-state index in [1.807, 2.05) is 10.7 Å². The van der Waals surface area contributed by atoms with Gasteiger partial charge in [-0.25, -0.2) is 4.68 Å². The van der Waals surface area contributed by atoms with Crippen LogP contribution in [0, 0.1) is 0 Å². The topological polar surface area (TPSA) is 111 Å². The monoisotopic (exact) mass is 374 g/mol. The number of hydrogen-bond donors (Lipinski definition) is 3. The number of aromatic nitrogens is 4. The number of aromatic hydroxyl groups is 1. The molecule has 1 fully saturated rings. The van der Waals surface area contributed by atoms with Gasteiger partial charge in [0.2, 0.25) is 0 Å². The molecule has 0 radical (unpaired) electrons. The summed E-state index contributed by atoms with van der Waals surface area (Å²) in [6, 6.07) is 5.35. The van der Waals surface area contributed by atoms with Gasteiger partial charge in [0, 0.05) is 12.1 Å². The maximum absolute atomic E-state index is 10.3. The molecular formula is C19H30N6O2. The number of benzene rings is 1. The minimum Gasteiger partial charge on any atom is -0.504 e. The Morgan fingerprint density at radius 1 is 1.30 bits per heavy atom. The van der Waals surface area contributed by atoms with Crippen LogP contribution in [0.15, 0.2) is 18.2 Å². The van der Waals surface area contributed by atoms with Crippen LogP contribution >= 0.6 is 0 Å². The Hall–Kier alpha value is -2.19. The van der Waals surface area contributed by atoms with Gasteiger partial charge in [0.1, 0.15) is 0 Å². The summed E-state index contributed by atoms with van der Waals surface area (Å²) in [5.41, 5.74) is 6.96. The third-order valence-corrected chi connectivity index (χ3v) is 5.12. The maximum Gasteiger partial charge on any atom is 0.173 e. The first-order valence-corrected chi connectivity index (χ1v) is 9.48. The molecule has 148 valence electrons. The fourth-order valence-electron chi connectivity index (χ4n) is 3.64. The molecule has 1 saturated carbocycles. The average Bonchev–Trinajstić information content (AvgIpc) is 3.11. The highest BCUT2D eigenvalue weighted by molar-refractivity contribution is 5.43. The van der Waals surface area contributed by atoms with Crippen LogP contribution in [0.1, 0.15) is 63.9 Å². The van der Waals surface area contributed by atoms with Crippen LogP contribution in [0.2, 0.25) is 0 Å². The Labute approximate surface area is 160 Å². The number of ether oxygens (including phenoxy) is 1. The molecule has 0 aliphatic heterocycles. The van der Waals surface area contributed by atoms with Crippen molar-refractivity contribution in [2.45, 2.75) is 70.1 Å². The zero-order chi connectivity index (χ0) is 19.6. The minimum atomic E-state index is -0.287. The number of phenols is 1. The van der Waals surface area contributed by atoms with Crippen molar-refractivity contribution in [3.05, 3.63) is 29.6 Å². The summed E-state index contributed by atoms with van der Waals surface area (Å²) in [7, 11) is 1.53. The van der Waals surface area contributed by atoms with E-state index < -0.39 is 0 Å². The van der Waals surface area contributed by atoms with Crippen molar-refractivity contribution >= 4 is 0 Å². The number of nitrogens with one attached hydrogen (secondary N) is 1. The van der Waals surface area contributed by atoms with Crippen molar-refractivity contribution < 1.29 is 9.84 Å². The molecule has 8 nitrogen and oxygen atoms in total. The molecule has 27 heavy (non-hydrogen) atoms. The SMILES string of the molecule is COc1ccc(C(NC2CCCCC2N)c2nnnn2C(C)(C)C)cc1O. The van der Waals surface area contributed by atoms with Crippen LogP contribution in [0.5, 0.6) is 11.5 Å². The molecule has 1 aliphatic carbocycles. The molecule has 0 saturated heterocycles. The highest BCUT2D eigenvalue weighted by Crippen LogP contribution is 2.33. The summed E-state index contributed by atoms with van der Waals surface area (Å²) in [6.45, 7) is 6.17. The molecule has 1 heterocycles. The van der Waals surface area contributed by atoms with Gasteiger partial charge in [-0.3, -0.25) is 5.32 Å². The molecule has 3 atom stereocenters. The molecule has 1 aromatic carbocycles. The van der Waals surface area contributed by atoms with Gasteiger partial charge in [-0.15, -0.1) is 5.10 Å². The van der Waals surface area contributed by atoms with Crippen molar-refractivity contribution in [1.29, 1.82) is 0 Å². The molecule has 2 aromatic rings. The highest BCUT2D eigenvalue weighted by Gasteiger charge is 2.31. The normalized spacial score (nSPS) is 21.8. The number of nitrogens with two attached hydrogens (primary N) is 1. The predicted molar refractivity (Wildman–Crippen MR) is 103 cm³/mol. The lowest BCUT2D eigenvalue weighted by Crippen LogP contribution is -2.49. The fourth-order valence-corrected chi connectivity index (χ4v) is 3.64. The number of phenolic OH excluding ortho intramolecular Hbond substituents is 1. The van der Waals surface area contributed by atoms with Gasteiger partial charge in [0.15, 0.2) is 17.3 Å². The molecule has 1 aromatic heterocycles. The van der Waals surface area contributed by atoms with E-state index in [0.717, 1.165) is 31.2 Å². The number of methoxy groups -OCH3 is 1. The Morgan fingerprint density at radius 3 is 2.67 bits per heavy atom. The standard InChI is InChI=1S/C19H30N6O2/c1-19(2,3)25-18(22-23-24-25)17(21-14-8-6-5-7-13(14)20)12-9-10-16(27-4)15(26)11-12/h9-11,13-14,17,21,26H,5-8,20H2,1-4H3. The molecule has 8 heteroatoms. The van der Waals surface area contributed by atoms with E-state index in [9.17, 15) is 5.11 Å². The average molecular weight is 374 g/mol. The largest absolute Gasteiger partial charge is 0.504 e. The number of hydrogen-bond acceptors (Lipinski definition) is 7. The molecule has 0 bridgehead atoms. The number of tetrazole rings is 1. The Balaban J connectivity index is 2.01. The van der Waals surface area contributed by atoms with Gasteiger partial charge in [0.05, 0.1) is 18.7 Å². The molecule has 1 aliphatic rings. The van der Waals surface area contributed by atoms with Crippen LogP contribution in [0.25, 0.3) is 0 Å². The van der Waals surface area contributed by atoms with Gasteiger partial charge >= 0.3 is 0 Å². The van der Waals surface area contributed by atoms with E-state index in [0.29, 0.717) is 11.6 Å². The summed E-state index contributed by atoms with van der Waals surface area (Å²) in [5.74, 6) is 1.22. The third-order valence-electron chi connectivity index (χ3n) is 5.12. The zero-order valence-electron chi connectivity index (χ0n) is 16.5. The van der Waals surface area contributed by atoms with E-state index in [4.69, 9.17) is 10.5 Å². The lowest BCUT2D eigenvalue weighted by Gasteiger charge is -2.34. The zero-order valence-corrected chi connectivity index (χ0v) is 16.5. The second kappa shape index (κ2) is 7.82. The summed E-state index contributed by atoms with van der Waals surface area (Å²) in [4.78, 5) is 0. The minimum absolute atomic E-state index is 0.0875. The van der Waals surface area contributed by atoms with Crippen molar-refractivity contribution in [3.8, 4) is 11.5 Å². The first-order chi connectivity index (χ1) is 12.8. The highest BCUT2D eigenvalue weighted by atomic mass is 16.5. The van der Waals surface area contributed by atoms with Gasteiger partial charge in [-0.1, -0.05) is 18.9 Å². The first-order valence-electron chi connectivity index (χ1n) is 9.48. The number of nitrogens with zero attached hydrogens (tertiary/aromatic N) is 4. The summed E-state index contributed by atoms with van der Waals surface area (Å²) in [5, 5.41) is 26.4. The van der Waals surface area contributed by atoms with E-state index >= 15 is 0 Å². The van der Waals surface area contributed by atoms with Crippen molar-refractivity contribution in [1.82, 2.24) is 25.5 Å². The van der Waals surface area contributed by atoms with Crippen LogP contribution in [0.3, 0.4) is 0 Å². The second-order valence-corrected chi connectivity index (χ2v) is 8.21. The lowest BCUT2D eigenvalue weighted by molar-refractivity contribution is 0.287. The van der Waals surface area contributed by atoms with Crippen LogP contribution in [-0.2, 0) is 5.54 Å². The van der Waals surface area contributed by atoms with E-state index in [-0.39, 0.29) is 29.4 Å². The smallest absolute Gasteiger partial charge is 0.173 e. The van der Waals surface area contributed by atoms with Crippen LogP contribution in [-0.4, -0.2) is 44.5 Å². The third kappa shape index (κ3) is 4.22. The van der Waals surface area contributed by atoms with E-state index in [1.54, 1.807) is 12.1 Å². The lowest BCUT2D eigenvalue weighted by atomic mass is 9.89. The van der Waals surface area contributed by atoms with E-state index in [1.165, 1.54) is 7.11 Å². The van der Waals surface area contributed by atoms with E-state index in [2.05, 4.69) is 41.6 Å². The Kier molecular flexibility index (Phi) is 5.67. The maximum atomic E-state index is 10.3. The molecule has 3 rings (SSSR count). The molecule has 0 amide bonds. The van der Waals surface area contributed by atoms with Crippen LogP contribution in [0.4, 0.5) is 0 Å². The Bertz CT molecular complexity index is 770. The van der Waals surface area contributed by atoms with Gasteiger partial charge < -0.3 is 15.6 Å². The quantitative estimate of drug-likeness (QED) is 0.735. The van der Waals surface area contributed by atoms with Gasteiger partial charge in [0.25, 0.3) is 0 Å². The van der Waals surface area contributed by atoms with Crippen molar-refractivity contribution in [2.24, 2.45) is 5.73 Å². The number of rotatable bonds is 5. The van der Waals surface area contributed by atoms with Gasteiger partial charge in [-0.05, 0) is 61.7 Å². The Morgan fingerprint density at radius 2 is 2.04 bits per heavy atom. The second-order valence-electron chi connectivity index (χ2n) is 8.21. The fraction of sp³-hybridized carbons (Fsp3) is 0.632. The van der Waals surface area contributed by atoms with Crippen LogP contribution < -0.4 is 15.8 Å². The molecule has 4 N–H and O–H groups in total. The molecule has 3 unspecified atom stereocenters. The summed E-state index contributed by atoms with van der Waals surface area (Å²) < 4.78 is 7.00.